The highest BCUT2D eigenvalue weighted by atomic mass is 35.5. The molecule has 0 saturated heterocycles. The lowest BCUT2D eigenvalue weighted by molar-refractivity contribution is -0.123. The van der Waals surface area contributed by atoms with Gasteiger partial charge >= 0.3 is 0 Å². The first-order chi connectivity index (χ1) is 14.8. The van der Waals surface area contributed by atoms with Gasteiger partial charge in [-0.15, -0.1) is 0 Å². The van der Waals surface area contributed by atoms with Gasteiger partial charge in [-0.2, -0.15) is 0 Å². The average Bonchev–Trinajstić information content (AvgIpc) is 2.71. The van der Waals surface area contributed by atoms with Crippen molar-refractivity contribution in [3.8, 4) is 0 Å². The minimum atomic E-state index is -1.04. The van der Waals surface area contributed by atoms with Crippen LogP contribution in [0.1, 0.15) is 45.7 Å². The van der Waals surface area contributed by atoms with Crippen LogP contribution in [0.25, 0.3) is 0 Å². The number of aliphatic imine (C=N–C) groups is 2. The maximum Gasteiger partial charge on any atom is 0.295 e. The monoisotopic (exact) mass is 461 g/mol. The summed E-state index contributed by atoms with van der Waals surface area (Å²) >= 11 is 4.92. The smallest absolute Gasteiger partial charge is 0.295 e. The van der Waals surface area contributed by atoms with E-state index in [1.807, 2.05) is 20.8 Å². The minimum Gasteiger partial charge on any atom is -0.611 e. The fraction of sp³-hybridized carbons (Fsp3) is 0.455. The molecule has 2 aliphatic rings. The summed E-state index contributed by atoms with van der Waals surface area (Å²) in [7, 11) is 0. The summed E-state index contributed by atoms with van der Waals surface area (Å²) in [5.74, 6) is 1.39. The number of hydrogen-bond donors (Lipinski definition) is 1. The summed E-state index contributed by atoms with van der Waals surface area (Å²) in [4.78, 5) is 28.9. The van der Waals surface area contributed by atoms with Gasteiger partial charge in [-0.3, -0.25) is 14.7 Å². The molecule has 0 bridgehead atoms. The first-order valence-electron chi connectivity index (χ1n) is 10.4. The van der Waals surface area contributed by atoms with E-state index in [9.17, 15) is 9.35 Å². The topological polar surface area (TPSA) is 93.0 Å². The van der Waals surface area contributed by atoms with Crippen LogP contribution in [-0.4, -0.2) is 43.8 Å². The van der Waals surface area contributed by atoms with Crippen LogP contribution in [0.15, 0.2) is 56.7 Å². The van der Waals surface area contributed by atoms with Gasteiger partial charge in [0, 0.05) is 6.04 Å². The molecule has 2 atom stereocenters. The van der Waals surface area contributed by atoms with Gasteiger partial charge in [-0.05, 0) is 62.8 Å². The van der Waals surface area contributed by atoms with Crippen LogP contribution in [0, 0.1) is 5.92 Å². The molecular weight excluding hydrogens is 434 g/mol. The number of nitrogens with zero attached hydrogens (tertiary/aromatic N) is 4. The van der Waals surface area contributed by atoms with E-state index in [2.05, 4.69) is 26.9 Å². The number of hydrogen-bond acceptors (Lipinski definition) is 6. The number of allylic oxidation sites excluding steroid dienone is 1. The summed E-state index contributed by atoms with van der Waals surface area (Å²) in [6.45, 7) is 9.73. The molecule has 7 nitrogen and oxygen atoms in total. The van der Waals surface area contributed by atoms with Crippen molar-refractivity contribution >= 4 is 40.4 Å². The van der Waals surface area contributed by atoms with Crippen molar-refractivity contribution in [2.75, 3.05) is 5.75 Å². The third kappa shape index (κ3) is 5.37. The van der Waals surface area contributed by atoms with Crippen molar-refractivity contribution in [2.24, 2.45) is 15.9 Å². The first-order valence-corrected chi connectivity index (χ1v) is 12.1. The van der Waals surface area contributed by atoms with Crippen LogP contribution >= 0.6 is 11.6 Å². The summed E-state index contributed by atoms with van der Waals surface area (Å²) in [5.41, 5.74) is 1.29. The Bertz CT molecular complexity index is 924. The lowest BCUT2D eigenvalue weighted by Crippen LogP contribution is -2.56. The number of amides is 1. The van der Waals surface area contributed by atoms with E-state index in [0.717, 1.165) is 18.5 Å². The molecular formula is C22H28ClN5O2S. The van der Waals surface area contributed by atoms with Crippen molar-refractivity contribution in [3.63, 3.8) is 0 Å². The minimum absolute atomic E-state index is 0.0281. The van der Waals surface area contributed by atoms with Crippen molar-refractivity contribution in [1.82, 2.24) is 15.2 Å². The van der Waals surface area contributed by atoms with Crippen LogP contribution in [0.5, 0.6) is 0 Å². The van der Waals surface area contributed by atoms with Gasteiger partial charge in [0.15, 0.2) is 16.6 Å². The molecule has 0 radical (unpaired) electrons. The molecule has 166 valence electrons. The van der Waals surface area contributed by atoms with Gasteiger partial charge in [0.2, 0.25) is 0 Å². The molecule has 0 spiro atoms. The number of carbonyl (C=O) groups is 1. The number of amidine groups is 2. The molecule has 1 aromatic heterocycles. The second-order valence-corrected chi connectivity index (χ2v) is 9.70. The zero-order chi connectivity index (χ0) is 22.5. The molecule has 0 aromatic carbocycles. The fourth-order valence-electron chi connectivity index (χ4n) is 3.59. The zero-order valence-electron chi connectivity index (χ0n) is 18.1. The largest absolute Gasteiger partial charge is 0.611 e. The molecule has 2 heterocycles. The van der Waals surface area contributed by atoms with Gasteiger partial charge in [0.25, 0.3) is 5.91 Å². The van der Waals surface area contributed by atoms with E-state index in [-0.39, 0.29) is 22.9 Å². The second-order valence-electron chi connectivity index (χ2n) is 7.53. The number of pyridine rings is 1. The summed E-state index contributed by atoms with van der Waals surface area (Å²) in [6.07, 6.45) is 6.76. The number of rotatable bonds is 7. The Morgan fingerprint density at radius 2 is 2.26 bits per heavy atom. The van der Waals surface area contributed by atoms with Crippen molar-refractivity contribution < 1.29 is 9.35 Å². The molecule has 1 aliphatic carbocycles. The number of nitrogens with one attached hydrogen (secondary N) is 1. The quantitative estimate of drug-likeness (QED) is 0.494. The molecule has 31 heavy (non-hydrogen) atoms. The molecule has 9 heteroatoms. The summed E-state index contributed by atoms with van der Waals surface area (Å²) in [5, 5.41) is 3.22. The van der Waals surface area contributed by atoms with E-state index in [0.29, 0.717) is 34.6 Å². The van der Waals surface area contributed by atoms with Gasteiger partial charge < -0.3 is 9.87 Å². The first kappa shape index (κ1) is 23.5. The van der Waals surface area contributed by atoms with Crippen molar-refractivity contribution in [3.05, 3.63) is 47.5 Å². The predicted molar refractivity (Wildman–Crippen MR) is 125 cm³/mol. The molecule has 3 rings (SSSR count). The maximum atomic E-state index is 13.4. The highest BCUT2D eigenvalue weighted by Crippen LogP contribution is 2.34. The van der Waals surface area contributed by atoms with Crippen LogP contribution < -0.4 is 5.32 Å². The van der Waals surface area contributed by atoms with E-state index in [1.54, 1.807) is 29.3 Å². The Hall–Kier alpha value is -2.16. The molecule has 1 amide bonds. The van der Waals surface area contributed by atoms with E-state index < -0.39 is 11.2 Å². The van der Waals surface area contributed by atoms with Crippen LogP contribution in [0.3, 0.4) is 0 Å². The molecule has 1 saturated carbocycles. The Labute approximate surface area is 191 Å². The molecule has 1 N–H and O–H groups in total. The van der Waals surface area contributed by atoms with E-state index in [4.69, 9.17) is 11.6 Å². The third-order valence-electron chi connectivity index (χ3n) is 5.61. The number of aromatic nitrogens is 1. The van der Waals surface area contributed by atoms with Gasteiger partial charge in [-0.25, -0.2) is 9.98 Å². The number of halogens is 1. The summed E-state index contributed by atoms with van der Waals surface area (Å²) < 4.78 is 11.9. The van der Waals surface area contributed by atoms with E-state index in [1.165, 1.54) is 6.42 Å². The van der Waals surface area contributed by atoms with Crippen LogP contribution in [0.4, 0.5) is 0 Å². The molecule has 1 fully saturated rings. The Balaban J connectivity index is 1.83. The molecule has 1 aliphatic heterocycles. The van der Waals surface area contributed by atoms with E-state index >= 15 is 0 Å². The standard InChI is InChI=1S/C22H28ClN5O2S/c1-5-19-21(26-15(4)23)28(14(3)16-8-7-9-16)22(29)20(27-19)25-12-17-10-11-18(13-24-17)31(30)6-2/h5,10-11,13-14,16H,4,6-9,12H2,1-3H3,(H,25,27)/b19-5+,26-21+/t14-,31?/m1/s1. The van der Waals surface area contributed by atoms with Gasteiger partial charge in [0.1, 0.15) is 16.6 Å². The SMILES string of the molecule is C=C(Cl)/N=C1\C(=C/C)N=C(NCc2ccc([S+]([O-])CC)cn2)C(=O)N1[C@H](C)C1CCC1. The zero-order valence-corrected chi connectivity index (χ0v) is 19.7. The van der Waals surface area contributed by atoms with Crippen LogP contribution in [0.2, 0.25) is 0 Å². The molecule has 1 unspecified atom stereocenters. The predicted octanol–water partition coefficient (Wildman–Crippen LogP) is 3.74. The Kier molecular flexibility index (Phi) is 7.91. The normalized spacial score (nSPS) is 21.6. The van der Waals surface area contributed by atoms with Gasteiger partial charge in [-0.1, -0.05) is 30.7 Å². The van der Waals surface area contributed by atoms with Crippen molar-refractivity contribution in [1.29, 1.82) is 0 Å². The van der Waals surface area contributed by atoms with Gasteiger partial charge in [0.05, 0.1) is 18.4 Å². The Morgan fingerprint density at radius 3 is 2.77 bits per heavy atom. The van der Waals surface area contributed by atoms with Crippen molar-refractivity contribution in [2.45, 2.75) is 57.5 Å². The Morgan fingerprint density at radius 1 is 1.52 bits per heavy atom. The average molecular weight is 462 g/mol. The second kappa shape index (κ2) is 10.4. The highest BCUT2D eigenvalue weighted by molar-refractivity contribution is 7.91. The van der Waals surface area contributed by atoms with Crippen LogP contribution in [-0.2, 0) is 22.5 Å². The lowest BCUT2D eigenvalue weighted by atomic mass is 9.79. The lowest BCUT2D eigenvalue weighted by Gasteiger charge is -2.41. The molecule has 1 aromatic rings. The summed E-state index contributed by atoms with van der Waals surface area (Å²) in [6, 6.07) is 3.58. The maximum absolute atomic E-state index is 13.4. The highest BCUT2D eigenvalue weighted by Gasteiger charge is 2.39. The number of carbonyl (C=O) groups excluding carboxylic acids is 1. The third-order valence-corrected chi connectivity index (χ3v) is 6.99. The fourth-order valence-corrected chi connectivity index (χ4v) is 4.39.